The summed E-state index contributed by atoms with van der Waals surface area (Å²) in [5.41, 5.74) is 0.433. The van der Waals surface area contributed by atoms with Gasteiger partial charge in [0.15, 0.2) is 6.04 Å². The van der Waals surface area contributed by atoms with E-state index in [9.17, 15) is 18.3 Å². The zero-order chi connectivity index (χ0) is 23.6. The summed E-state index contributed by atoms with van der Waals surface area (Å²) < 4.78 is 34.0. The lowest BCUT2D eigenvalue weighted by atomic mass is 9.85. The van der Waals surface area contributed by atoms with Gasteiger partial charge in [0.2, 0.25) is 10.0 Å². The summed E-state index contributed by atoms with van der Waals surface area (Å²) in [6, 6.07) is 22.2. The van der Waals surface area contributed by atoms with E-state index >= 15 is 0 Å². The van der Waals surface area contributed by atoms with E-state index in [1.165, 1.54) is 12.1 Å². The molecule has 0 unspecified atom stereocenters. The van der Waals surface area contributed by atoms with Crippen molar-refractivity contribution in [3.8, 4) is 0 Å². The SMILES string of the molecule is Cc1ccc(S(=O)(=O)N2[C@H](C)C[C@@](O)(c3ccccc3)[C@@H]2C(=O)OCc2ccccc2)cc1. The number of esters is 1. The molecule has 4 rings (SSSR count). The van der Waals surface area contributed by atoms with E-state index < -0.39 is 33.7 Å². The average Bonchev–Trinajstić information content (AvgIpc) is 3.11. The molecule has 6 nitrogen and oxygen atoms in total. The number of aryl methyl sites for hydroxylation is 1. The number of nitrogens with zero attached hydrogens (tertiary/aromatic N) is 1. The largest absolute Gasteiger partial charge is 0.460 e. The van der Waals surface area contributed by atoms with Crippen LogP contribution in [0.2, 0.25) is 0 Å². The molecule has 0 radical (unpaired) electrons. The quantitative estimate of drug-likeness (QED) is 0.560. The highest BCUT2D eigenvalue weighted by Gasteiger charge is 2.59. The molecule has 0 spiro atoms. The van der Waals surface area contributed by atoms with Gasteiger partial charge in [-0.3, -0.25) is 4.79 Å². The first-order valence-corrected chi connectivity index (χ1v) is 12.3. The molecule has 1 aliphatic rings. The highest BCUT2D eigenvalue weighted by atomic mass is 32.2. The summed E-state index contributed by atoms with van der Waals surface area (Å²) in [6.07, 6.45) is 0.0627. The third-order valence-electron chi connectivity index (χ3n) is 6.07. The van der Waals surface area contributed by atoms with Gasteiger partial charge in [-0.05, 0) is 43.5 Å². The summed E-state index contributed by atoms with van der Waals surface area (Å²) in [7, 11) is -4.09. The van der Waals surface area contributed by atoms with Gasteiger partial charge in [0.05, 0.1) is 4.90 Å². The van der Waals surface area contributed by atoms with Crippen molar-refractivity contribution < 1.29 is 23.1 Å². The molecular formula is C26H27NO5S. The van der Waals surface area contributed by atoms with Crippen molar-refractivity contribution >= 4 is 16.0 Å². The lowest BCUT2D eigenvalue weighted by Gasteiger charge is -2.32. The fraction of sp³-hybridized carbons (Fsp3) is 0.269. The van der Waals surface area contributed by atoms with E-state index in [4.69, 9.17) is 4.74 Å². The number of aliphatic hydroxyl groups is 1. The van der Waals surface area contributed by atoms with Gasteiger partial charge in [-0.2, -0.15) is 4.31 Å². The molecule has 1 fully saturated rings. The number of hydrogen-bond acceptors (Lipinski definition) is 5. The number of benzene rings is 3. The molecule has 0 aliphatic carbocycles. The Morgan fingerprint density at radius 1 is 1.00 bits per heavy atom. The van der Waals surface area contributed by atoms with Crippen LogP contribution in [0.5, 0.6) is 0 Å². The van der Waals surface area contributed by atoms with Crippen molar-refractivity contribution in [3.63, 3.8) is 0 Å². The zero-order valence-electron chi connectivity index (χ0n) is 18.6. The number of hydrogen-bond donors (Lipinski definition) is 1. The van der Waals surface area contributed by atoms with Crippen LogP contribution >= 0.6 is 0 Å². The highest BCUT2D eigenvalue weighted by molar-refractivity contribution is 7.89. The van der Waals surface area contributed by atoms with Gasteiger partial charge in [0.25, 0.3) is 0 Å². The van der Waals surface area contributed by atoms with Crippen LogP contribution in [0.15, 0.2) is 89.8 Å². The third-order valence-corrected chi connectivity index (χ3v) is 8.06. The van der Waals surface area contributed by atoms with E-state index in [1.54, 1.807) is 49.4 Å². The summed E-state index contributed by atoms with van der Waals surface area (Å²) >= 11 is 0. The van der Waals surface area contributed by atoms with Gasteiger partial charge in [-0.1, -0.05) is 78.4 Å². The van der Waals surface area contributed by atoms with E-state index in [1.807, 2.05) is 37.3 Å². The van der Waals surface area contributed by atoms with Crippen molar-refractivity contribution in [1.82, 2.24) is 4.31 Å². The number of ether oxygens (including phenoxy) is 1. The highest BCUT2D eigenvalue weighted by Crippen LogP contribution is 2.44. The molecule has 1 heterocycles. The van der Waals surface area contributed by atoms with Crippen molar-refractivity contribution in [2.24, 2.45) is 0 Å². The normalized spacial score (nSPS) is 23.4. The Balaban J connectivity index is 1.75. The van der Waals surface area contributed by atoms with Gasteiger partial charge in [-0.25, -0.2) is 8.42 Å². The van der Waals surface area contributed by atoms with Crippen LogP contribution in [0.4, 0.5) is 0 Å². The molecule has 0 aromatic heterocycles. The molecule has 33 heavy (non-hydrogen) atoms. The minimum absolute atomic E-state index is 0.0200. The monoisotopic (exact) mass is 465 g/mol. The minimum atomic E-state index is -4.09. The molecule has 1 N–H and O–H groups in total. The Labute approximate surface area is 194 Å². The standard InChI is InChI=1S/C26H27NO5S/c1-19-13-15-23(16-14-19)33(30,31)27-20(2)17-26(29,22-11-7-4-8-12-22)24(27)25(28)32-18-21-9-5-3-6-10-21/h3-16,20,24,29H,17-18H2,1-2H3/t20-,24+,26-/m1/s1. The number of carbonyl (C=O) groups is 1. The van der Waals surface area contributed by atoms with Crippen molar-refractivity contribution in [1.29, 1.82) is 0 Å². The Bertz CT molecular complexity index is 1210. The maximum absolute atomic E-state index is 13.7. The molecule has 3 atom stereocenters. The summed E-state index contributed by atoms with van der Waals surface area (Å²) in [5.74, 6) is -0.787. The topological polar surface area (TPSA) is 83.9 Å². The predicted molar refractivity (Wildman–Crippen MR) is 125 cm³/mol. The van der Waals surface area contributed by atoms with Crippen LogP contribution < -0.4 is 0 Å². The molecule has 0 saturated carbocycles. The van der Waals surface area contributed by atoms with Gasteiger partial charge in [0, 0.05) is 6.04 Å². The first-order chi connectivity index (χ1) is 15.7. The second kappa shape index (κ2) is 9.09. The third kappa shape index (κ3) is 4.44. The Morgan fingerprint density at radius 2 is 1.58 bits per heavy atom. The van der Waals surface area contributed by atoms with E-state index in [-0.39, 0.29) is 17.9 Å². The van der Waals surface area contributed by atoms with Crippen LogP contribution in [0.1, 0.15) is 30.0 Å². The molecule has 172 valence electrons. The molecule has 3 aromatic carbocycles. The van der Waals surface area contributed by atoms with E-state index in [2.05, 4.69) is 0 Å². The summed E-state index contributed by atoms with van der Waals surface area (Å²) in [6.45, 7) is 3.55. The minimum Gasteiger partial charge on any atom is -0.460 e. The molecule has 0 amide bonds. The lowest BCUT2D eigenvalue weighted by molar-refractivity contribution is -0.156. The van der Waals surface area contributed by atoms with Gasteiger partial charge < -0.3 is 9.84 Å². The summed E-state index contributed by atoms with van der Waals surface area (Å²) in [5, 5.41) is 11.8. The van der Waals surface area contributed by atoms with Crippen LogP contribution in [0.25, 0.3) is 0 Å². The van der Waals surface area contributed by atoms with Gasteiger partial charge in [-0.15, -0.1) is 0 Å². The number of rotatable bonds is 6. The maximum Gasteiger partial charge on any atom is 0.328 e. The second-order valence-corrected chi connectivity index (χ2v) is 10.3. The number of sulfonamides is 1. The molecule has 1 saturated heterocycles. The van der Waals surface area contributed by atoms with E-state index in [0.29, 0.717) is 5.56 Å². The Hall–Kier alpha value is -3.00. The van der Waals surface area contributed by atoms with Crippen LogP contribution in [0, 0.1) is 6.92 Å². The Kier molecular flexibility index (Phi) is 6.38. The van der Waals surface area contributed by atoms with Crippen molar-refractivity contribution in [2.75, 3.05) is 0 Å². The second-order valence-electron chi connectivity index (χ2n) is 8.49. The lowest BCUT2D eigenvalue weighted by Crippen LogP contribution is -2.51. The maximum atomic E-state index is 13.7. The molecule has 3 aromatic rings. The molecule has 0 bridgehead atoms. The van der Waals surface area contributed by atoms with Gasteiger partial charge >= 0.3 is 5.97 Å². The first kappa shape index (κ1) is 23.2. The fourth-order valence-electron chi connectivity index (χ4n) is 4.43. The van der Waals surface area contributed by atoms with Crippen LogP contribution in [-0.4, -0.2) is 35.9 Å². The van der Waals surface area contributed by atoms with E-state index in [0.717, 1.165) is 15.4 Å². The zero-order valence-corrected chi connectivity index (χ0v) is 19.4. The van der Waals surface area contributed by atoms with Crippen molar-refractivity contribution in [2.45, 2.75) is 49.5 Å². The van der Waals surface area contributed by atoms with Crippen molar-refractivity contribution in [3.05, 3.63) is 102 Å². The molecule has 7 heteroatoms. The smallest absolute Gasteiger partial charge is 0.328 e. The Morgan fingerprint density at radius 3 is 2.18 bits per heavy atom. The average molecular weight is 466 g/mol. The van der Waals surface area contributed by atoms with Gasteiger partial charge in [0.1, 0.15) is 12.2 Å². The van der Waals surface area contributed by atoms with Crippen LogP contribution in [0.3, 0.4) is 0 Å². The number of carbonyl (C=O) groups excluding carboxylic acids is 1. The predicted octanol–water partition coefficient (Wildman–Crippen LogP) is 3.78. The molecule has 1 aliphatic heterocycles. The fourth-order valence-corrected chi connectivity index (χ4v) is 6.24. The molecular weight excluding hydrogens is 438 g/mol. The van der Waals surface area contributed by atoms with Crippen LogP contribution in [-0.2, 0) is 31.8 Å². The summed E-state index contributed by atoms with van der Waals surface area (Å²) in [4.78, 5) is 13.5. The first-order valence-electron chi connectivity index (χ1n) is 10.8.